The van der Waals surface area contributed by atoms with Gasteiger partial charge < -0.3 is 20.3 Å². The minimum Gasteiger partial charge on any atom is -0.444 e. The van der Waals surface area contributed by atoms with Crippen molar-refractivity contribution in [2.45, 2.75) is 77.0 Å². The lowest BCUT2D eigenvalue weighted by atomic mass is 9.89. The summed E-state index contributed by atoms with van der Waals surface area (Å²) in [5, 5.41) is 0. The first-order chi connectivity index (χ1) is 10.7. The zero-order valence-corrected chi connectivity index (χ0v) is 15.4. The summed E-state index contributed by atoms with van der Waals surface area (Å²) in [6.45, 7) is 8.54. The van der Waals surface area contributed by atoms with E-state index in [1.807, 2.05) is 25.7 Å². The molecule has 1 aliphatic carbocycles. The van der Waals surface area contributed by atoms with E-state index in [0.29, 0.717) is 18.0 Å². The Kier molecular flexibility index (Phi) is 6.32. The Labute approximate surface area is 141 Å². The van der Waals surface area contributed by atoms with E-state index in [0.717, 1.165) is 45.3 Å². The number of ether oxygens (including phenoxy) is 1. The zero-order chi connectivity index (χ0) is 17.0. The lowest BCUT2D eigenvalue weighted by Crippen LogP contribution is -2.45. The van der Waals surface area contributed by atoms with Crippen LogP contribution in [0.2, 0.25) is 0 Å². The van der Waals surface area contributed by atoms with E-state index in [1.54, 1.807) is 0 Å². The topological polar surface area (TPSA) is 58.8 Å². The molecule has 1 saturated heterocycles. The Hall–Kier alpha value is -0.810. The highest BCUT2D eigenvalue weighted by Crippen LogP contribution is 2.25. The normalized spacial score (nSPS) is 27.3. The van der Waals surface area contributed by atoms with Crippen LogP contribution in [-0.4, -0.2) is 60.3 Å². The molecule has 1 amide bonds. The predicted molar refractivity (Wildman–Crippen MR) is 93.4 cm³/mol. The fourth-order valence-corrected chi connectivity index (χ4v) is 3.72. The molecule has 1 heterocycles. The fraction of sp³-hybridized carbons (Fsp3) is 0.944. The number of amides is 1. The number of nitrogens with two attached hydrogens (primary N) is 1. The van der Waals surface area contributed by atoms with Crippen molar-refractivity contribution in [2.75, 3.05) is 26.7 Å². The molecule has 134 valence electrons. The van der Waals surface area contributed by atoms with Crippen LogP contribution in [0.3, 0.4) is 0 Å². The quantitative estimate of drug-likeness (QED) is 0.867. The van der Waals surface area contributed by atoms with Gasteiger partial charge >= 0.3 is 6.09 Å². The third-order valence-corrected chi connectivity index (χ3v) is 5.18. The van der Waals surface area contributed by atoms with E-state index in [4.69, 9.17) is 10.5 Å². The van der Waals surface area contributed by atoms with Gasteiger partial charge in [-0.3, -0.25) is 0 Å². The maximum atomic E-state index is 12.1. The first-order valence-corrected chi connectivity index (χ1v) is 9.18. The predicted octanol–water partition coefficient (Wildman–Crippen LogP) is 2.84. The van der Waals surface area contributed by atoms with Gasteiger partial charge in [-0.2, -0.15) is 0 Å². The molecule has 1 saturated carbocycles. The zero-order valence-electron chi connectivity index (χ0n) is 15.4. The van der Waals surface area contributed by atoms with Gasteiger partial charge in [0.05, 0.1) is 0 Å². The van der Waals surface area contributed by atoms with Crippen molar-refractivity contribution < 1.29 is 9.53 Å². The number of carbonyl (C=O) groups is 1. The molecule has 0 unspecified atom stereocenters. The second-order valence-electron chi connectivity index (χ2n) is 8.42. The van der Waals surface area contributed by atoms with Crippen LogP contribution >= 0.6 is 0 Å². The van der Waals surface area contributed by atoms with Gasteiger partial charge in [-0.25, -0.2) is 4.79 Å². The molecule has 5 nitrogen and oxygen atoms in total. The molecule has 0 bridgehead atoms. The van der Waals surface area contributed by atoms with Gasteiger partial charge in [0.1, 0.15) is 5.60 Å². The highest BCUT2D eigenvalue weighted by Gasteiger charge is 2.29. The Morgan fingerprint density at radius 1 is 1.13 bits per heavy atom. The van der Waals surface area contributed by atoms with E-state index in [2.05, 4.69) is 11.9 Å². The molecule has 0 spiro atoms. The average molecular weight is 325 g/mol. The number of hydrogen-bond donors (Lipinski definition) is 1. The summed E-state index contributed by atoms with van der Waals surface area (Å²) in [5.41, 5.74) is 5.59. The molecule has 5 heteroatoms. The summed E-state index contributed by atoms with van der Waals surface area (Å²) in [6, 6.07) is 1.11. The number of piperidine rings is 1. The molecular weight excluding hydrogens is 290 g/mol. The second-order valence-corrected chi connectivity index (χ2v) is 8.42. The van der Waals surface area contributed by atoms with Crippen molar-refractivity contribution in [3.8, 4) is 0 Å². The van der Waals surface area contributed by atoms with Gasteiger partial charge in [0.2, 0.25) is 0 Å². The Morgan fingerprint density at radius 3 is 2.22 bits per heavy atom. The standard InChI is InChI=1S/C18H35N3O2/c1-18(2,3)23-17(22)21-11-9-14(10-12-21)13-20(4)16-7-5-15(19)6-8-16/h14-16H,5-13,19H2,1-4H3. The summed E-state index contributed by atoms with van der Waals surface area (Å²) in [6.07, 6.45) is 6.78. The van der Waals surface area contributed by atoms with E-state index in [1.165, 1.54) is 12.8 Å². The van der Waals surface area contributed by atoms with Crippen molar-refractivity contribution in [3.05, 3.63) is 0 Å². The largest absolute Gasteiger partial charge is 0.444 e. The molecule has 0 radical (unpaired) electrons. The Balaban J connectivity index is 1.71. The summed E-state index contributed by atoms with van der Waals surface area (Å²) >= 11 is 0. The number of likely N-dealkylation sites (tertiary alicyclic amines) is 1. The second kappa shape index (κ2) is 7.84. The molecule has 1 aliphatic heterocycles. The molecule has 2 N–H and O–H groups in total. The van der Waals surface area contributed by atoms with Crippen LogP contribution in [0.25, 0.3) is 0 Å². The lowest BCUT2D eigenvalue weighted by molar-refractivity contribution is 0.0164. The summed E-state index contributed by atoms with van der Waals surface area (Å²) < 4.78 is 5.46. The van der Waals surface area contributed by atoms with Crippen molar-refractivity contribution in [1.82, 2.24) is 9.80 Å². The monoisotopic (exact) mass is 325 g/mol. The molecule has 2 fully saturated rings. The minimum atomic E-state index is -0.407. The smallest absolute Gasteiger partial charge is 0.410 e. The van der Waals surface area contributed by atoms with Gasteiger partial charge in [-0.1, -0.05) is 0 Å². The third kappa shape index (κ3) is 5.96. The third-order valence-electron chi connectivity index (χ3n) is 5.18. The van der Waals surface area contributed by atoms with Crippen molar-refractivity contribution >= 4 is 6.09 Å². The van der Waals surface area contributed by atoms with E-state index < -0.39 is 5.60 Å². The Bertz CT molecular complexity index is 378. The molecule has 0 aromatic carbocycles. The SMILES string of the molecule is CN(CC1CCN(C(=O)OC(C)(C)C)CC1)C1CCC(N)CC1. The molecule has 23 heavy (non-hydrogen) atoms. The maximum Gasteiger partial charge on any atom is 0.410 e. The number of nitrogens with zero attached hydrogens (tertiary/aromatic N) is 2. The van der Waals surface area contributed by atoms with Crippen LogP contribution < -0.4 is 5.73 Å². The Morgan fingerprint density at radius 2 is 1.70 bits per heavy atom. The number of hydrogen-bond acceptors (Lipinski definition) is 4. The van der Waals surface area contributed by atoms with E-state index >= 15 is 0 Å². The first kappa shape index (κ1) is 18.5. The van der Waals surface area contributed by atoms with Crippen LogP contribution in [0, 0.1) is 5.92 Å². The van der Waals surface area contributed by atoms with Gasteiger partial charge in [-0.15, -0.1) is 0 Å². The average Bonchev–Trinajstić information content (AvgIpc) is 2.46. The first-order valence-electron chi connectivity index (χ1n) is 9.18. The minimum absolute atomic E-state index is 0.162. The highest BCUT2D eigenvalue weighted by molar-refractivity contribution is 5.68. The van der Waals surface area contributed by atoms with Crippen LogP contribution in [0.1, 0.15) is 59.3 Å². The number of rotatable bonds is 3. The molecule has 0 aromatic heterocycles. The van der Waals surface area contributed by atoms with Gasteiger partial charge in [0, 0.05) is 31.7 Å². The highest BCUT2D eigenvalue weighted by atomic mass is 16.6. The summed E-state index contributed by atoms with van der Waals surface area (Å²) in [4.78, 5) is 16.5. The van der Waals surface area contributed by atoms with Crippen molar-refractivity contribution in [1.29, 1.82) is 0 Å². The van der Waals surface area contributed by atoms with Crippen LogP contribution in [0.4, 0.5) is 4.79 Å². The summed E-state index contributed by atoms with van der Waals surface area (Å²) in [5.74, 6) is 0.689. The molecular formula is C18H35N3O2. The van der Waals surface area contributed by atoms with E-state index in [9.17, 15) is 4.79 Å². The number of carbonyl (C=O) groups excluding carboxylic acids is 1. The van der Waals surface area contributed by atoms with Crippen molar-refractivity contribution in [2.24, 2.45) is 11.7 Å². The van der Waals surface area contributed by atoms with Crippen molar-refractivity contribution in [3.63, 3.8) is 0 Å². The lowest BCUT2D eigenvalue weighted by Gasteiger charge is -2.38. The molecule has 0 atom stereocenters. The summed E-state index contributed by atoms with van der Waals surface area (Å²) in [7, 11) is 2.25. The van der Waals surface area contributed by atoms with Crippen LogP contribution in [0.5, 0.6) is 0 Å². The van der Waals surface area contributed by atoms with Crippen LogP contribution in [0.15, 0.2) is 0 Å². The molecule has 2 aliphatic rings. The van der Waals surface area contributed by atoms with E-state index in [-0.39, 0.29) is 6.09 Å². The maximum absolute atomic E-state index is 12.1. The van der Waals surface area contributed by atoms with Gasteiger partial charge in [-0.05, 0) is 72.3 Å². The molecule has 0 aromatic rings. The van der Waals surface area contributed by atoms with Gasteiger partial charge in [0.25, 0.3) is 0 Å². The van der Waals surface area contributed by atoms with Crippen LogP contribution in [-0.2, 0) is 4.74 Å². The van der Waals surface area contributed by atoms with Gasteiger partial charge in [0.15, 0.2) is 0 Å². The molecule has 2 rings (SSSR count). The fourth-order valence-electron chi connectivity index (χ4n) is 3.72.